The van der Waals surface area contributed by atoms with Crippen LogP contribution in [-0.4, -0.2) is 30.3 Å². The average molecular weight is 459 g/mol. The number of hydrogen-bond acceptors (Lipinski definition) is 5. The number of anilines is 2. The maximum absolute atomic E-state index is 12.2. The third kappa shape index (κ3) is 4.89. The Morgan fingerprint density at radius 1 is 1.07 bits per heavy atom. The van der Waals surface area contributed by atoms with Crippen molar-refractivity contribution in [3.8, 4) is 0 Å². The fraction of sp³-hybridized carbons (Fsp3) is 0.238. The van der Waals surface area contributed by atoms with Crippen LogP contribution in [0.3, 0.4) is 0 Å². The van der Waals surface area contributed by atoms with Crippen LogP contribution in [0.5, 0.6) is 0 Å². The highest BCUT2D eigenvalue weighted by Crippen LogP contribution is 2.23. The summed E-state index contributed by atoms with van der Waals surface area (Å²) in [6, 6.07) is 11.4. The Kier molecular flexibility index (Phi) is 6.43. The zero-order chi connectivity index (χ0) is 21.0. The molecule has 1 aliphatic heterocycles. The molecule has 0 spiro atoms. The Balaban J connectivity index is 1.57. The first-order valence-electron chi connectivity index (χ1n) is 9.10. The van der Waals surface area contributed by atoms with Crippen LogP contribution in [0, 0.1) is 0 Å². The fourth-order valence-corrected chi connectivity index (χ4v) is 3.40. The molecule has 3 amide bonds. The van der Waals surface area contributed by atoms with Gasteiger partial charge >= 0.3 is 5.97 Å². The van der Waals surface area contributed by atoms with E-state index in [0.717, 1.165) is 21.4 Å². The second-order valence-electron chi connectivity index (χ2n) is 6.45. The summed E-state index contributed by atoms with van der Waals surface area (Å²) in [6.07, 6.45) is 1.12. The van der Waals surface area contributed by atoms with Gasteiger partial charge in [0.2, 0.25) is 11.8 Å². The van der Waals surface area contributed by atoms with Gasteiger partial charge in [-0.3, -0.25) is 19.3 Å². The molecule has 0 radical (unpaired) electrons. The highest BCUT2D eigenvalue weighted by Gasteiger charge is 2.30. The molecule has 1 aliphatic rings. The predicted octanol–water partition coefficient (Wildman–Crippen LogP) is 3.46. The number of rotatable bonds is 6. The van der Waals surface area contributed by atoms with Gasteiger partial charge in [0.15, 0.2) is 6.61 Å². The third-order valence-electron chi connectivity index (χ3n) is 4.47. The first kappa shape index (κ1) is 20.7. The number of carbonyl (C=O) groups is 4. The zero-order valence-corrected chi connectivity index (χ0v) is 17.3. The molecule has 0 aromatic heterocycles. The molecule has 1 heterocycles. The number of ether oxygens (including phenoxy) is 1. The Labute approximate surface area is 176 Å². The lowest BCUT2D eigenvalue weighted by atomic mass is 10.1. The van der Waals surface area contributed by atoms with E-state index in [1.807, 2.05) is 19.1 Å². The fourth-order valence-electron chi connectivity index (χ4n) is 2.99. The number of aryl methyl sites for hydroxylation is 1. The van der Waals surface area contributed by atoms with Gasteiger partial charge in [-0.15, -0.1) is 0 Å². The molecule has 29 heavy (non-hydrogen) atoms. The standard InChI is InChI=1S/C21H19BrN2O5/c1-2-13-11-15(22)5-8-17(13)23-18(25)12-29-21(28)14-3-6-16(7-4-14)24-19(26)9-10-20(24)27/h3-8,11H,2,9-10,12H2,1H3,(H,23,25). The molecule has 8 heteroatoms. The quantitative estimate of drug-likeness (QED) is 0.528. The third-order valence-corrected chi connectivity index (χ3v) is 4.96. The molecule has 0 aliphatic carbocycles. The van der Waals surface area contributed by atoms with E-state index in [1.54, 1.807) is 6.07 Å². The summed E-state index contributed by atoms with van der Waals surface area (Å²) in [5, 5.41) is 2.73. The van der Waals surface area contributed by atoms with Gasteiger partial charge in [-0.1, -0.05) is 22.9 Å². The lowest BCUT2D eigenvalue weighted by molar-refractivity contribution is -0.121. The molecule has 1 saturated heterocycles. The number of halogens is 1. The highest BCUT2D eigenvalue weighted by molar-refractivity contribution is 9.10. The van der Waals surface area contributed by atoms with Crippen molar-refractivity contribution in [2.24, 2.45) is 0 Å². The maximum Gasteiger partial charge on any atom is 0.338 e. The predicted molar refractivity (Wildman–Crippen MR) is 111 cm³/mol. The molecule has 2 aromatic carbocycles. The second-order valence-corrected chi connectivity index (χ2v) is 7.36. The van der Waals surface area contributed by atoms with Gasteiger partial charge < -0.3 is 10.1 Å². The number of imide groups is 1. The van der Waals surface area contributed by atoms with Gasteiger partial charge in [-0.2, -0.15) is 0 Å². The van der Waals surface area contributed by atoms with Crippen molar-refractivity contribution in [3.63, 3.8) is 0 Å². The van der Waals surface area contributed by atoms with Crippen molar-refractivity contribution < 1.29 is 23.9 Å². The Hall–Kier alpha value is -3.00. The van der Waals surface area contributed by atoms with Crippen molar-refractivity contribution in [3.05, 3.63) is 58.1 Å². The van der Waals surface area contributed by atoms with E-state index in [2.05, 4.69) is 21.2 Å². The van der Waals surface area contributed by atoms with Crippen LogP contribution >= 0.6 is 15.9 Å². The van der Waals surface area contributed by atoms with Crippen molar-refractivity contribution in [2.75, 3.05) is 16.8 Å². The number of amides is 3. The topological polar surface area (TPSA) is 92.8 Å². The Bertz CT molecular complexity index is 956. The first-order chi connectivity index (χ1) is 13.9. The summed E-state index contributed by atoms with van der Waals surface area (Å²) in [4.78, 5) is 48.9. The number of benzene rings is 2. The van der Waals surface area contributed by atoms with E-state index in [1.165, 1.54) is 24.3 Å². The normalized spacial score (nSPS) is 13.5. The number of nitrogens with zero attached hydrogens (tertiary/aromatic N) is 1. The molecule has 1 fully saturated rings. The minimum Gasteiger partial charge on any atom is -0.452 e. The summed E-state index contributed by atoms with van der Waals surface area (Å²) in [5.41, 5.74) is 2.26. The highest BCUT2D eigenvalue weighted by atomic mass is 79.9. The monoisotopic (exact) mass is 458 g/mol. The summed E-state index contributed by atoms with van der Waals surface area (Å²) in [6.45, 7) is 1.55. The van der Waals surface area contributed by atoms with Gasteiger partial charge in [-0.05, 0) is 54.4 Å². The van der Waals surface area contributed by atoms with Crippen molar-refractivity contribution in [1.82, 2.24) is 0 Å². The van der Waals surface area contributed by atoms with E-state index < -0.39 is 18.5 Å². The number of carbonyl (C=O) groups excluding carboxylic acids is 4. The SMILES string of the molecule is CCc1cc(Br)ccc1NC(=O)COC(=O)c1ccc(N2C(=O)CCC2=O)cc1. The molecular weight excluding hydrogens is 440 g/mol. The smallest absolute Gasteiger partial charge is 0.338 e. The molecule has 7 nitrogen and oxygen atoms in total. The lowest BCUT2D eigenvalue weighted by Gasteiger charge is -2.14. The molecule has 0 unspecified atom stereocenters. The molecule has 0 saturated carbocycles. The van der Waals surface area contributed by atoms with Crippen LogP contribution in [0.15, 0.2) is 46.9 Å². The molecule has 150 valence electrons. The lowest BCUT2D eigenvalue weighted by Crippen LogP contribution is -2.28. The van der Waals surface area contributed by atoms with Gasteiger partial charge in [-0.25, -0.2) is 4.79 Å². The van der Waals surface area contributed by atoms with E-state index in [4.69, 9.17) is 4.74 Å². The van der Waals surface area contributed by atoms with Gasteiger partial charge in [0.25, 0.3) is 5.91 Å². The van der Waals surface area contributed by atoms with Crippen molar-refractivity contribution >= 4 is 51.0 Å². The molecule has 3 rings (SSSR count). The van der Waals surface area contributed by atoms with Crippen LogP contribution in [0.1, 0.15) is 35.7 Å². The average Bonchev–Trinajstić information content (AvgIpc) is 3.05. The maximum atomic E-state index is 12.2. The first-order valence-corrected chi connectivity index (χ1v) is 9.89. The van der Waals surface area contributed by atoms with E-state index >= 15 is 0 Å². The minimum atomic E-state index is -0.669. The van der Waals surface area contributed by atoms with Gasteiger partial charge in [0.1, 0.15) is 0 Å². The van der Waals surface area contributed by atoms with E-state index in [-0.39, 0.29) is 30.2 Å². The molecule has 2 aromatic rings. The minimum absolute atomic E-state index is 0.190. The van der Waals surface area contributed by atoms with E-state index in [9.17, 15) is 19.2 Å². The summed E-state index contributed by atoms with van der Waals surface area (Å²) >= 11 is 3.39. The number of hydrogen-bond donors (Lipinski definition) is 1. The Morgan fingerprint density at radius 2 is 1.72 bits per heavy atom. The van der Waals surface area contributed by atoms with Crippen LogP contribution in [-0.2, 0) is 25.5 Å². The van der Waals surface area contributed by atoms with E-state index in [0.29, 0.717) is 11.4 Å². The van der Waals surface area contributed by atoms with Gasteiger partial charge in [0, 0.05) is 23.0 Å². The number of esters is 1. The van der Waals surface area contributed by atoms with Crippen LogP contribution < -0.4 is 10.2 Å². The molecule has 1 N–H and O–H groups in total. The Morgan fingerprint density at radius 3 is 2.34 bits per heavy atom. The molecular formula is C21H19BrN2O5. The van der Waals surface area contributed by atoms with Crippen LogP contribution in [0.25, 0.3) is 0 Å². The second kappa shape index (κ2) is 9.00. The van der Waals surface area contributed by atoms with Crippen molar-refractivity contribution in [2.45, 2.75) is 26.2 Å². The number of nitrogens with one attached hydrogen (secondary N) is 1. The summed E-state index contributed by atoms with van der Waals surface area (Å²) in [5.74, 6) is -1.64. The van der Waals surface area contributed by atoms with Gasteiger partial charge in [0.05, 0.1) is 11.3 Å². The molecule has 0 atom stereocenters. The molecule has 0 bridgehead atoms. The van der Waals surface area contributed by atoms with Crippen LogP contribution in [0.2, 0.25) is 0 Å². The van der Waals surface area contributed by atoms with Crippen molar-refractivity contribution in [1.29, 1.82) is 0 Å². The summed E-state index contributed by atoms with van der Waals surface area (Å²) in [7, 11) is 0. The summed E-state index contributed by atoms with van der Waals surface area (Å²) < 4.78 is 5.98. The zero-order valence-electron chi connectivity index (χ0n) is 15.7. The largest absolute Gasteiger partial charge is 0.452 e. The van der Waals surface area contributed by atoms with Crippen LogP contribution in [0.4, 0.5) is 11.4 Å².